The van der Waals surface area contributed by atoms with Crippen molar-refractivity contribution in [1.82, 2.24) is 0 Å². The number of carbonyl (C=O) groups is 3. The summed E-state index contributed by atoms with van der Waals surface area (Å²) >= 11 is -2.44. The van der Waals surface area contributed by atoms with Crippen LogP contribution in [0.5, 0.6) is 0 Å². The molecule has 0 aromatic heterocycles. The normalized spacial score (nSPS) is 9.60. The summed E-state index contributed by atoms with van der Waals surface area (Å²) in [6.45, 7) is 3.92. The Morgan fingerprint density at radius 2 is 1.00 bits per heavy atom. The van der Waals surface area contributed by atoms with Gasteiger partial charge in [-0.2, -0.15) is 0 Å². The summed E-state index contributed by atoms with van der Waals surface area (Å²) in [5, 5.41) is 0. The van der Waals surface area contributed by atoms with Gasteiger partial charge in [-0.1, -0.05) is 0 Å². The van der Waals surface area contributed by atoms with E-state index < -0.39 is 14.7 Å². The predicted octanol–water partition coefficient (Wildman–Crippen LogP) is -0.134. The van der Waals surface area contributed by atoms with Crippen molar-refractivity contribution in [2.24, 2.45) is 0 Å². The Hall–Kier alpha value is -0.432. The van der Waals surface area contributed by atoms with Crippen LogP contribution in [0.2, 0.25) is 0 Å². The molecule has 0 heterocycles. The topological polar surface area (TPSA) is 51.2 Å². The number of hydrogen-bond acceptors (Lipinski definition) is 3. The minimum absolute atomic E-state index is 0.229. The van der Waals surface area contributed by atoms with Crippen molar-refractivity contribution in [3.05, 3.63) is 0 Å². The van der Waals surface area contributed by atoms with Gasteiger partial charge in [-0.15, -0.1) is 0 Å². The van der Waals surface area contributed by atoms with Crippen molar-refractivity contribution in [2.45, 2.75) is 20.8 Å². The molecule has 0 saturated heterocycles. The molecule has 0 fully saturated rings. The van der Waals surface area contributed by atoms with E-state index in [0.717, 1.165) is 0 Å². The average Bonchev–Trinajstić information content (AvgIpc) is 1.59. The fraction of sp³-hybridized carbons (Fsp3) is 0.500. The van der Waals surface area contributed by atoms with Gasteiger partial charge in [0.25, 0.3) is 0 Å². The molecule has 0 rings (SSSR count). The van der Waals surface area contributed by atoms with E-state index in [4.69, 9.17) is 0 Å². The van der Waals surface area contributed by atoms with Crippen molar-refractivity contribution in [3.8, 4) is 0 Å². The van der Waals surface area contributed by atoms with Gasteiger partial charge in [0.15, 0.2) is 0 Å². The van der Waals surface area contributed by atoms with Crippen LogP contribution in [-0.2, 0) is 14.4 Å². The molecule has 0 bridgehead atoms. The Bertz CT molecular complexity index is 152. The molecule has 0 atom stereocenters. The average molecular weight is 204 g/mol. The summed E-state index contributed by atoms with van der Waals surface area (Å²) in [5.41, 5.74) is 0. The fourth-order valence-electron chi connectivity index (χ4n) is 0.665. The summed E-state index contributed by atoms with van der Waals surface area (Å²) in [6.07, 6.45) is 0. The van der Waals surface area contributed by atoms with Crippen LogP contribution in [0, 0.1) is 0 Å². The first-order chi connectivity index (χ1) is 4.46. The quantitative estimate of drug-likeness (QED) is 0.601. The standard InChI is InChI=1S/C6H9AsO3/c1-4(8)7(5(2)9)6(3)10/h1-3H3. The maximum absolute atomic E-state index is 10.6. The van der Waals surface area contributed by atoms with Crippen molar-refractivity contribution in [3.63, 3.8) is 0 Å². The van der Waals surface area contributed by atoms with E-state index in [-0.39, 0.29) is 13.7 Å². The molecule has 3 nitrogen and oxygen atoms in total. The number of hydrogen-bond donors (Lipinski definition) is 0. The first kappa shape index (κ1) is 9.57. The van der Waals surface area contributed by atoms with Crippen LogP contribution >= 0.6 is 0 Å². The fourth-order valence-corrected chi connectivity index (χ4v) is 3.46. The van der Waals surface area contributed by atoms with Gasteiger partial charge in [0.1, 0.15) is 0 Å². The molecule has 0 aliphatic heterocycles. The van der Waals surface area contributed by atoms with Gasteiger partial charge < -0.3 is 0 Å². The molecule has 0 saturated carbocycles. The first-order valence-corrected chi connectivity index (χ1v) is 5.60. The van der Waals surface area contributed by atoms with Crippen molar-refractivity contribution in [1.29, 1.82) is 0 Å². The Labute approximate surface area is 64.0 Å². The molecular weight excluding hydrogens is 195 g/mol. The molecule has 56 valence electrons. The molecule has 10 heavy (non-hydrogen) atoms. The molecule has 0 amide bonds. The number of rotatable bonds is 3. The molecule has 0 spiro atoms. The first-order valence-electron chi connectivity index (χ1n) is 2.78. The van der Waals surface area contributed by atoms with Crippen LogP contribution in [-0.4, -0.2) is 28.4 Å². The second-order valence-corrected chi connectivity index (χ2v) is 7.26. The molecule has 0 aliphatic rings. The van der Waals surface area contributed by atoms with Gasteiger partial charge in [0.05, 0.1) is 0 Å². The molecule has 0 N–H and O–H groups in total. The Morgan fingerprint density at radius 3 is 1.00 bits per heavy atom. The molecule has 0 aromatic carbocycles. The molecule has 0 unspecified atom stereocenters. The number of carbonyl (C=O) groups excluding carboxylic acids is 3. The van der Waals surface area contributed by atoms with Crippen molar-refractivity contribution < 1.29 is 14.4 Å². The molecule has 0 radical (unpaired) electrons. The van der Waals surface area contributed by atoms with Crippen molar-refractivity contribution in [2.75, 3.05) is 0 Å². The zero-order valence-corrected chi connectivity index (χ0v) is 8.05. The van der Waals surface area contributed by atoms with Crippen LogP contribution in [0.1, 0.15) is 20.8 Å². The third-order valence-corrected chi connectivity index (χ3v) is 4.91. The van der Waals surface area contributed by atoms with E-state index in [1.54, 1.807) is 0 Å². The Kier molecular flexibility index (Phi) is 3.51. The zero-order chi connectivity index (χ0) is 8.31. The monoisotopic (exact) mass is 204 g/mol. The van der Waals surface area contributed by atoms with Crippen LogP contribution in [0.3, 0.4) is 0 Å². The second-order valence-electron chi connectivity index (χ2n) is 1.89. The zero-order valence-electron chi connectivity index (χ0n) is 6.17. The van der Waals surface area contributed by atoms with Crippen molar-refractivity contribution >= 4 is 28.4 Å². The SMILES string of the molecule is CC(=O)[As](C(C)=O)C(C)=O. The summed E-state index contributed by atoms with van der Waals surface area (Å²) in [6, 6.07) is 0. The molecule has 4 heteroatoms. The second kappa shape index (κ2) is 3.67. The molecular formula is C6H9AsO3. The van der Waals surface area contributed by atoms with Gasteiger partial charge in [0, 0.05) is 0 Å². The van der Waals surface area contributed by atoms with Gasteiger partial charge >= 0.3 is 63.5 Å². The molecule has 0 aliphatic carbocycles. The third-order valence-electron chi connectivity index (χ3n) is 0.945. The van der Waals surface area contributed by atoms with Gasteiger partial charge in [-0.3, -0.25) is 0 Å². The van der Waals surface area contributed by atoms with Crippen LogP contribution in [0.4, 0.5) is 0 Å². The van der Waals surface area contributed by atoms with E-state index in [9.17, 15) is 14.4 Å². The van der Waals surface area contributed by atoms with E-state index in [1.165, 1.54) is 20.8 Å². The van der Waals surface area contributed by atoms with Crippen LogP contribution in [0.15, 0.2) is 0 Å². The van der Waals surface area contributed by atoms with E-state index >= 15 is 0 Å². The van der Waals surface area contributed by atoms with Gasteiger partial charge in [-0.05, 0) is 0 Å². The summed E-state index contributed by atoms with van der Waals surface area (Å²) in [5.74, 6) is 0. The van der Waals surface area contributed by atoms with Gasteiger partial charge in [-0.25, -0.2) is 0 Å². The van der Waals surface area contributed by atoms with E-state index in [0.29, 0.717) is 0 Å². The maximum atomic E-state index is 10.6. The van der Waals surface area contributed by atoms with E-state index in [2.05, 4.69) is 0 Å². The summed E-state index contributed by atoms with van der Waals surface area (Å²) < 4.78 is -0.687. The van der Waals surface area contributed by atoms with E-state index in [1.807, 2.05) is 0 Å². The third kappa shape index (κ3) is 2.44. The minimum atomic E-state index is -2.44. The summed E-state index contributed by atoms with van der Waals surface area (Å²) in [7, 11) is 0. The summed E-state index contributed by atoms with van der Waals surface area (Å²) in [4.78, 5) is 32.0. The van der Waals surface area contributed by atoms with Gasteiger partial charge in [0.2, 0.25) is 0 Å². The Morgan fingerprint density at radius 1 is 0.800 bits per heavy atom. The molecule has 0 aromatic rings. The van der Waals surface area contributed by atoms with Crippen LogP contribution < -0.4 is 0 Å². The van der Waals surface area contributed by atoms with Crippen LogP contribution in [0.25, 0.3) is 0 Å². The predicted molar refractivity (Wildman–Crippen MR) is 37.8 cm³/mol. The Balaban J connectivity index is 4.43.